The molecule has 1 heterocycles. The van der Waals surface area contributed by atoms with E-state index in [9.17, 15) is 0 Å². The highest BCUT2D eigenvalue weighted by atomic mass is 35.5. The monoisotopic (exact) mass is 355 g/mol. The molecule has 0 atom stereocenters. The molecular formula is C19H18ClN3S. The number of hydrogen-bond donors (Lipinski definition) is 0. The van der Waals surface area contributed by atoms with E-state index in [2.05, 4.69) is 47.5 Å². The number of benzene rings is 2. The zero-order valence-electron chi connectivity index (χ0n) is 13.8. The summed E-state index contributed by atoms with van der Waals surface area (Å²) in [6.07, 6.45) is 1.88. The summed E-state index contributed by atoms with van der Waals surface area (Å²) in [5.41, 5.74) is 5.61. The van der Waals surface area contributed by atoms with Gasteiger partial charge in [-0.25, -0.2) is 4.68 Å². The van der Waals surface area contributed by atoms with E-state index in [0.717, 1.165) is 26.6 Å². The lowest BCUT2D eigenvalue weighted by Crippen LogP contribution is -2.11. The lowest BCUT2D eigenvalue weighted by molar-refractivity contribution is 0.848. The SMILES string of the molecule is CN=c1scc(-c2ccc(Cl)cc2)n1N=Cc1ccc(C)cc1C. The first-order chi connectivity index (χ1) is 11.6. The molecule has 0 bridgehead atoms. The number of halogens is 1. The average molecular weight is 356 g/mol. The second-order valence-corrected chi connectivity index (χ2v) is 6.82. The van der Waals surface area contributed by atoms with Gasteiger partial charge < -0.3 is 0 Å². The van der Waals surface area contributed by atoms with Gasteiger partial charge in [0, 0.05) is 23.0 Å². The number of aryl methyl sites for hydroxylation is 2. The summed E-state index contributed by atoms with van der Waals surface area (Å²) in [6, 6.07) is 14.1. The molecule has 0 radical (unpaired) electrons. The normalized spacial score (nSPS) is 12.2. The zero-order chi connectivity index (χ0) is 17.1. The quantitative estimate of drug-likeness (QED) is 0.598. The smallest absolute Gasteiger partial charge is 0.205 e. The van der Waals surface area contributed by atoms with Crippen LogP contribution in [-0.2, 0) is 0 Å². The minimum absolute atomic E-state index is 0.722. The van der Waals surface area contributed by atoms with Gasteiger partial charge in [0.2, 0.25) is 4.80 Å². The first-order valence-electron chi connectivity index (χ1n) is 7.59. The molecule has 0 aliphatic heterocycles. The van der Waals surface area contributed by atoms with Gasteiger partial charge in [0.25, 0.3) is 0 Å². The molecule has 1 aromatic heterocycles. The Morgan fingerprint density at radius 3 is 2.50 bits per heavy atom. The van der Waals surface area contributed by atoms with Crippen molar-refractivity contribution in [1.82, 2.24) is 4.68 Å². The maximum atomic E-state index is 5.99. The summed E-state index contributed by atoms with van der Waals surface area (Å²) in [5.74, 6) is 0. The van der Waals surface area contributed by atoms with Crippen molar-refractivity contribution in [3.8, 4) is 11.3 Å². The fourth-order valence-electron chi connectivity index (χ4n) is 2.47. The first-order valence-corrected chi connectivity index (χ1v) is 8.85. The summed E-state index contributed by atoms with van der Waals surface area (Å²) in [6.45, 7) is 4.19. The van der Waals surface area contributed by atoms with Crippen molar-refractivity contribution in [2.24, 2.45) is 10.1 Å². The van der Waals surface area contributed by atoms with Crippen molar-refractivity contribution in [3.63, 3.8) is 0 Å². The summed E-state index contributed by atoms with van der Waals surface area (Å²) in [7, 11) is 1.78. The van der Waals surface area contributed by atoms with Crippen molar-refractivity contribution in [2.45, 2.75) is 13.8 Å². The van der Waals surface area contributed by atoms with Crippen LogP contribution in [0.25, 0.3) is 11.3 Å². The van der Waals surface area contributed by atoms with Crippen molar-refractivity contribution in [2.75, 3.05) is 7.05 Å². The van der Waals surface area contributed by atoms with Gasteiger partial charge in [0.1, 0.15) is 0 Å². The Kier molecular flexibility index (Phi) is 4.97. The first kappa shape index (κ1) is 16.7. The van der Waals surface area contributed by atoms with Crippen LogP contribution in [0.5, 0.6) is 0 Å². The molecule has 0 saturated carbocycles. The van der Waals surface area contributed by atoms with Gasteiger partial charge in [-0.2, -0.15) is 5.10 Å². The summed E-state index contributed by atoms with van der Waals surface area (Å²) >= 11 is 7.56. The number of aromatic nitrogens is 1. The van der Waals surface area contributed by atoms with Crippen LogP contribution >= 0.6 is 22.9 Å². The van der Waals surface area contributed by atoms with E-state index in [-0.39, 0.29) is 0 Å². The molecule has 3 aromatic rings. The van der Waals surface area contributed by atoms with Gasteiger partial charge in [-0.3, -0.25) is 4.99 Å². The third kappa shape index (κ3) is 3.50. The number of thiazole rings is 1. The highest BCUT2D eigenvalue weighted by Crippen LogP contribution is 2.22. The molecule has 0 amide bonds. The van der Waals surface area contributed by atoms with Crippen molar-refractivity contribution in [1.29, 1.82) is 0 Å². The van der Waals surface area contributed by atoms with Crippen LogP contribution in [-0.4, -0.2) is 17.9 Å². The van der Waals surface area contributed by atoms with Gasteiger partial charge in [-0.1, -0.05) is 47.5 Å². The molecule has 3 nitrogen and oxygen atoms in total. The highest BCUT2D eigenvalue weighted by Gasteiger charge is 2.07. The predicted molar refractivity (Wildman–Crippen MR) is 103 cm³/mol. The zero-order valence-corrected chi connectivity index (χ0v) is 15.4. The molecule has 122 valence electrons. The molecule has 0 spiro atoms. The Balaban J connectivity index is 2.05. The standard InChI is InChI=1S/C19H18ClN3S/c1-13-4-5-16(14(2)10-13)11-22-23-18(12-24-19(23)21-3)15-6-8-17(20)9-7-15/h4-12H,1-3H3. The van der Waals surface area contributed by atoms with Gasteiger partial charge in [-0.15, -0.1) is 11.3 Å². The Hall–Kier alpha value is -2.17. The van der Waals surface area contributed by atoms with E-state index in [1.807, 2.05) is 35.2 Å². The minimum Gasteiger partial charge on any atom is -0.261 e. The van der Waals surface area contributed by atoms with E-state index in [0.29, 0.717) is 0 Å². The molecule has 0 fully saturated rings. The Morgan fingerprint density at radius 1 is 1.08 bits per heavy atom. The van der Waals surface area contributed by atoms with E-state index < -0.39 is 0 Å². The van der Waals surface area contributed by atoms with E-state index in [4.69, 9.17) is 11.6 Å². The number of nitrogens with zero attached hydrogens (tertiary/aromatic N) is 3. The Bertz CT molecular complexity index is 949. The molecular weight excluding hydrogens is 338 g/mol. The van der Waals surface area contributed by atoms with Gasteiger partial charge >= 0.3 is 0 Å². The lowest BCUT2D eigenvalue weighted by Gasteiger charge is -2.05. The number of rotatable bonds is 3. The van der Waals surface area contributed by atoms with Crippen LogP contribution in [0.1, 0.15) is 16.7 Å². The van der Waals surface area contributed by atoms with E-state index in [1.165, 1.54) is 11.1 Å². The highest BCUT2D eigenvalue weighted by molar-refractivity contribution is 7.07. The molecule has 0 aliphatic rings. The predicted octanol–water partition coefficient (Wildman–Crippen LogP) is 4.90. The van der Waals surface area contributed by atoms with E-state index in [1.54, 1.807) is 18.4 Å². The maximum absolute atomic E-state index is 5.99. The molecule has 0 aliphatic carbocycles. The van der Waals surface area contributed by atoms with Crippen LogP contribution in [0.4, 0.5) is 0 Å². The third-order valence-corrected chi connectivity index (χ3v) is 4.91. The van der Waals surface area contributed by atoms with Crippen LogP contribution in [0, 0.1) is 13.8 Å². The van der Waals surface area contributed by atoms with Crippen molar-refractivity contribution in [3.05, 3.63) is 74.4 Å². The fourth-order valence-corrected chi connectivity index (χ4v) is 3.40. The third-order valence-electron chi connectivity index (χ3n) is 3.75. The molecule has 0 unspecified atom stereocenters. The molecule has 0 saturated heterocycles. The van der Waals surface area contributed by atoms with Crippen molar-refractivity contribution >= 4 is 29.2 Å². The molecule has 3 rings (SSSR count). The topological polar surface area (TPSA) is 29.6 Å². The lowest BCUT2D eigenvalue weighted by atomic mass is 10.1. The van der Waals surface area contributed by atoms with Gasteiger partial charge in [-0.05, 0) is 37.1 Å². The van der Waals surface area contributed by atoms with Crippen LogP contribution < -0.4 is 4.80 Å². The van der Waals surface area contributed by atoms with E-state index >= 15 is 0 Å². The molecule has 0 N–H and O–H groups in total. The van der Waals surface area contributed by atoms with Crippen LogP contribution in [0.2, 0.25) is 5.02 Å². The van der Waals surface area contributed by atoms with Crippen LogP contribution in [0.15, 0.2) is 57.9 Å². The molecule has 24 heavy (non-hydrogen) atoms. The second-order valence-electron chi connectivity index (χ2n) is 5.55. The molecule has 5 heteroatoms. The second kappa shape index (κ2) is 7.16. The average Bonchev–Trinajstić information content (AvgIpc) is 2.97. The largest absolute Gasteiger partial charge is 0.261 e. The Labute approximate surface area is 150 Å². The van der Waals surface area contributed by atoms with Crippen molar-refractivity contribution < 1.29 is 0 Å². The van der Waals surface area contributed by atoms with Gasteiger partial charge in [0.15, 0.2) is 0 Å². The fraction of sp³-hybridized carbons (Fsp3) is 0.158. The maximum Gasteiger partial charge on any atom is 0.205 e. The Morgan fingerprint density at radius 2 is 1.83 bits per heavy atom. The van der Waals surface area contributed by atoms with Gasteiger partial charge in [0.05, 0.1) is 11.9 Å². The molecule has 2 aromatic carbocycles. The minimum atomic E-state index is 0.722. The summed E-state index contributed by atoms with van der Waals surface area (Å²) in [4.78, 5) is 5.17. The van der Waals surface area contributed by atoms with Crippen LogP contribution in [0.3, 0.4) is 0 Å². The summed E-state index contributed by atoms with van der Waals surface area (Å²) < 4.78 is 1.87. The summed E-state index contributed by atoms with van der Waals surface area (Å²) in [5, 5.41) is 7.45. The number of hydrogen-bond acceptors (Lipinski definition) is 3.